The summed E-state index contributed by atoms with van der Waals surface area (Å²) in [4.78, 5) is 31.5. The lowest BCUT2D eigenvalue weighted by atomic mass is 9.85. The van der Waals surface area contributed by atoms with Crippen molar-refractivity contribution in [1.82, 2.24) is 9.80 Å². The van der Waals surface area contributed by atoms with E-state index in [4.69, 9.17) is 0 Å². The van der Waals surface area contributed by atoms with Crippen molar-refractivity contribution in [2.24, 2.45) is 0 Å². The molecular formula is C29H33FN2O2S. The summed E-state index contributed by atoms with van der Waals surface area (Å²) in [7, 11) is 0. The highest BCUT2D eigenvalue weighted by molar-refractivity contribution is 7.10. The lowest BCUT2D eigenvalue weighted by Gasteiger charge is -2.38. The zero-order chi connectivity index (χ0) is 25.3. The van der Waals surface area contributed by atoms with Gasteiger partial charge in [0.25, 0.3) is 5.91 Å². The number of nitrogens with zero attached hydrogens (tertiary/aromatic N) is 2. The van der Waals surface area contributed by atoms with Crippen LogP contribution in [0.3, 0.4) is 0 Å². The number of carbonyl (C=O) groups excluding carboxylic acids is 2. The molecule has 1 unspecified atom stereocenters. The third kappa shape index (κ3) is 5.18. The minimum atomic E-state index is -0.576. The van der Waals surface area contributed by atoms with Gasteiger partial charge in [0.2, 0.25) is 5.91 Å². The van der Waals surface area contributed by atoms with E-state index in [-0.39, 0.29) is 35.5 Å². The Morgan fingerprint density at radius 2 is 1.77 bits per heavy atom. The highest BCUT2D eigenvalue weighted by Gasteiger charge is 2.35. The zero-order valence-electron chi connectivity index (χ0n) is 21.0. The Kier molecular flexibility index (Phi) is 7.13. The van der Waals surface area contributed by atoms with E-state index in [1.807, 2.05) is 18.7 Å². The van der Waals surface area contributed by atoms with Gasteiger partial charge in [-0.05, 0) is 66.0 Å². The van der Waals surface area contributed by atoms with Gasteiger partial charge in [0.15, 0.2) is 0 Å². The average Bonchev–Trinajstić information content (AvgIpc) is 3.30. The maximum absolute atomic E-state index is 14.3. The van der Waals surface area contributed by atoms with Crippen molar-refractivity contribution in [3.63, 3.8) is 0 Å². The van der Waals surface area contributed by atoms with Gasteiger partial charge < -0.3 is 9.80 Å². The summed E-state index contributed by atoms with van der Waals surface area (Å²) >= 11 is 1.72. The van der Waals surface area contributed by atoms with Crippen LogP contribution in [-0.4, -0.2) is 40.7 Å². The average molecular weight is 493 g/mol. The van der Waals surface area contributed by atoms with Gasteiger partial charge >= 0.3 is 0 Å². The van der Waals surface area contributed by atoms with Gasteiger partial charge in [0.1, 0.15) is 12.4 Å². The number of thiophene rings is 1. The van der Waals surface area contributed by atoms with Gasteiger partial charge in [0, 0.05) is 17.5 Å². The molecule has 0 aliphatic carbocycles. The molecule has 1 aliphatic rings. The van der Waals surface area contributed by atoms with Gasteiger partial charge in [-0.3, -0.25) is 9.59 Å². The highest BCUT2D eigenvalue weighted by Crippen LogP contribution is 2.38. The van der Waals surface area contributed by atoms with Crippen molar-refractivity contribution in [1.29, 1.82) is 0 Å². The second-order valence-corrected chi connectivity index (χ2v) is 11.4. The Balaban J connectivity index is 1.64. The number of halogens is 1. The van der Waals surface area contributed by atoms with E-state index in [0.717, 1.165) is 17.5 Å². The van der Waals surface area contributed by atoms with Crippen molar-refractivity contribution in [3.05, 3.63) is 92.9 Å². The first kappa shape index (κ1) is 25.1. The molecule has 0 saturated carbocycles. The summed E-state index contributed by atoms with van der Waals surface area (Å²) < 4.78 is 14.3. The fraction of sp³-hybridized carbons (Fsp3) is 0.379. The lowest BCUT2D eigenvalue weighted by Crippen LogP contribution is -2.48. The minimum absolute atomic E-state index is 0.0120. The molecule has 0 radical (unpaired) electrons. The van der Waals surface area contributed by atoms with Crippen molar-refractivity contribution in [2.45, 2.75) is 58.5 Å². The maximum atomic E-state index is 14.3. The molecule has 4 rings (SSSR count). The van der Waals surface area contributed by atoms with Crippen LogP contribution in [-0.2, 0) is 16.6 Å². The van der Waals surface area contributed by atoms with Gasteiger partial charge in [-0.1, -0.05) is 57.2 Å². The SMILES string of the molecule is CC(C)N(CC(=O)N1CCc2sccc2C1c1ccc(C(C)(C)C)cc1)C(=O)c1ccccc1F. The van der Waals surface area contributed by atoms with Gasteiger partial charge in [0.05, 0.1) is 11.6 Å². The molecule has 0 fully saturated rings. The minimum Gasteiger partial charge on any atom is -0.330 e. The topological polar surface area (TPSA) is 40.6 Å². The summed E-state index contributed by atoms with van der Waals surface area (Å²) in [5, 5.41) is 2.08. The van der Waals surface area contributed by atoms with E-state index in [0.29, 0.717) is 6.54 Å². The lowest BCUT2D eigenvalue weighted by molar-refractivity contribution is -0.134. The standard InChI is InChI=1S/C29H33FN2O2S/c1-19(2)32(28(34)22-8-6-7-9-24(22)30)18-26(33)31-16-14-25-23(15-17-35-25)27(31)20-10-12-21(13-11-20)29(3,4)5/h6-13,15,17,19,27H,14,16,18H2,1-5H3. The predicted molar refractivity (Wildman–Crippen MR) is 139 cm³/mol. The quantitative estimate of drug-likeness (QED) is 0.425. The molecule has 0 saturated heterocycles. The van der Waals surface area contributed by atoms with Crippen molar-refractivity contribution in [2.75, 3.05) is 13.1 Å². The van der Waals surface area contributed by atoms with Crippen LogP contribution in [0.15, 0.2) is 60.0 Å². The van der Waals surface area contributed by atoms with Crippen LogP contribution in [0.1, 0.15) is 72.6 Å². The van der Waals surface area contributed by atoms with Gasteiger partial charge in [-0.15, -0.1) is 11.3 Å². The number of amides is 2. The van der Waals surface area contributed by atoms with E-state index in [2.05, 4.69) is 56.5 Å². The van der Waals surface area contributed by atoms with Gasteiger partial charge in [-0.25, -0.2) is 4.39 Å². The Bertz CT molecular complexity index is 1210. The molecule has 1 aromatic heterocycles. The second kappa shape index (κ2) is 9.94. The molecule has 184 valence electrons. The van der Waals surface area contributed by atoms with E-state index < -0.39 is 11.7 Å². The summed E-state index contributed by atoms with van der Waals surface area (Å²) in [6.07, 6.45) is 0.790. The number of carbonyl (C=O) groups is 2. The summed E-state index contributed by atoms with van der Waals surface area (Å²) in [5.74, 6) is -1.18. The van der Waals surface area contributed by atoms with Crippen LogP contribution in [0, 0.1) is 5.82 Å². The predicted octanol–water partition coefficient (Wildman–Crippen LogP) is 6.21. The number of fused-ring (bicyclic) bond motifs is 1. The number of hydrogen-bond acceptors (Lipinski definition) is 3. The van der Waals surface area contributed by atoms with Crippen molar-refractivity contribution < 1.29 is 14.0 Å². The number of benzene rings is 2. The molecule has 2 heterocycles. The first-order valence-corrected chi connectivity index (χ1v) is 13.0. The highest BCUT2D eigenvalue weighted by atomic mass is 32.1. The van der Waals surface area contributed by atoms with Crippen LogP contribution >= 0.6 is 11.3 Å². The van der Waals surface area contributed by atoms with E-state index in [9.17, 15) is 14.0 Å². The van der Waals surface area contributed by atoms with Crippen LogP contribution < -0.4 is 0 Å². The molecule has 4 nitrogen and oxygen atoms in total. The molecule has 0 spiro atoms. The smallest absolute Gasteiger partial charge is 0.257 e. The molecule has 3 aromatic rings. The molecular weight excluding hydrogens is 459 g/mol. The summed E-state index contributed by atoms with van der Waals surface area (Å²) in [6, 6.07) is 16.1. The van der Waals surface area contributed by atoms with E-state index in [1.165, 1.54) is 27.5 Å². The number of hydrogen-bond donors (Lipinski definition) is 0. The third-order valence-electron chi connectivity index (χ3n) is 6.67. The number of rotatable bonds is 5. The molecule has 35 heavy (non-hydrogen) atoms. The Hall–Kier alpha value is -2.99. The molecule has 6 heteroatoms. The Morgan fingerprint density at radius 3 is 2.40 bits per heavy atom. The molecule has 1 atom stereocenters. The van der Waals surface area contributed by atoms with E-state index in [1.54, 1.807) is 23.5 Å². The van der Waals surface area contributed by atoms with Crippen LogP contribution in [0.25, 0.3) is 0 Å². The first-order chi connectivity index (χ1) is 16.6. The normalized spacial score (nSPS) is 15.7. The maximum Gasteiger partial charge on any atom is 0.257 e. The second-order valence-electron chi connectivity index (χ2n) is 10.4. The van der Waals surface area contributed by atoms with Crippen LogP contribution in [0.4, 0.5) is 4.39 Å². The largest absolute Gasteiger partial charge is 0.330 e. The molecule has 1 aliphatic heterocycles. The molecule has 0 bridgehead atoms. The molecule has 0 N–H and O–H groups in total. The molecule has 2 amide bonds. The van der Waals surface area contributed by atoms with Crippen molar-refractivity contribution in [3.8, 4) is 0 Å². The Labute approximate surface area is 211 Å². The molecule has 2 aromatic carbocycles. The van der Waals surface area contributed by atoms with Crippen molar-refractivity contribution >= 4 is 23.2 Å². The monoisotopic (exact) mass is 492 g/mol. The Morgan fingerprint density at radius 1 is 1.09 bits per heavy atom. The fourth-order valence-electron chi connectivity index (χ4n) is 4.62. The van der Waals surface area contributed by atoms with E-state index >= 15 is 0 Å². The third-order valence-corrected chi connectivity index (χ3v) is 7.67. The zero-order valence-corrected chi connectivity index (χ0v) is 21.9. The van der Waals surface area contributed by atoms with Gasteiger partial charge in [-0.2, -0.15) is 0 Å². The fourth-order valence-corrected chi connectivity index (χ4v) is 5.53. The summed E-state index contributed by atoms with van der Waals surface area (Å²) in [6.45, 7) is 10.7. The van der Waals surface area contributed by atoms with Crippen LogP contribution in [0.5, 0.6) is 0 Å². The summed E-state index contributed by atoms with van der Waals surface area (Å²) in [5.41, 5.74) is 3.47. The first-order valence-electron chi connectivity index (χ1n) is 12.1. The van der Waals surface area contributed by atoms with Crippen LogP contribution in [0.2, 0.25) is 0 Å².